The summed E-state index contributed by atoms with van der Waals surface area (Å²) >= 11 is 6.47. The first-order valence-corrected chi connectivity index (χ1v) is 10.2. The van der Waals surface area contributed by atoms with Crippen LogP contribution in [0.5, 0.6) is 0 Å². The highest BCUT2D eigenvalue weighted by molar-refractivity contribution is 6.33. The van der Waals surface area contributed by atoms with E-state index in [1.54, 1.807) is 0 Å². The molecule has 0 N–H and O–H groups in total. The number of halogens is 1. The molecule has 0 unspecified atom stereocenters. The Morgan fingerprint density at radius 3 is 2.48 bits per heavy atom. The van der Waals surface area contributed by atoms with Crippen LogP contribution >= 0.6 is 11.6 Å². The minimum atomic E-state index is -0.0961. The number of benzene rings is 1. The van der Waals surface area contributed by atoms with Crippen molar-refractivity contribution >= 4 is 23.1 Å². The normalized spacial score (nSPS) is 15.6. The van der Waals surface area contributed by atoms with Crippen molar-refractivity contribution in [3.05, 3.63) is 47.2 Å². The molecule has 7 heteroatoms. The van der Waals surface area contributed by atoms with E-state index in [1.807, 2.05) is 35.0 Å². The van der Waals surface area contributed by atoms with Crippen molar-refractivity contribution in [3.63, 3.8) is 0 Å². The second kappa shape index (κ2) is 7.66. The van der Waals surface area contributed by atoms with E-state index in [2.05, 4.69) is 47.8 Å². The molecular weight excluding hydrogens is 384 g/mol. The summed E-state index contributed by atoms with van der Waals surface area (Å²) in [6.07, 6.45) is 1.85. The van der Waals surface area contributed by atoms with Crippen LogP contribution in [0.2, 0.25) is 5.02 Å². The number of anilines is 1. The second-order valence-corrected chi connectivity index (χ2v) is 8.85. The van der Waals surface area contributed by atoms with E-state index in [0.29, 0.717) is 11.6 Å². The average Bonchev–Trinajstić information content (AvgIpc) is 3.12. The van der Waals surface area contributed by atoms with E-state index in [1.165, 1.54) is 0 Å². The molecule has 0 radical (unpaired) electrons. The molecule has 1 fully saturated rings. The van der Waals surface area contributed by atoms with E-state index < -0.39 is 0 Å². The van der Waals surface area contributed by atoms with Crippen LogP contribution in [-0.2, 0) is 5.41 Å². The standard InChI is InChI=1S/C22H25ClN6/c1-22(2,3)19-14-20(28-12-10-27(9-8-24)11-13-28)29-21(26-19)17(15-25-29)16-6-4-5-7-18(16)23/h4-7,14-15H,9-13H2,1-3H3. The Bertz CT molecular complexity index is 1070. The molecule has 29 heavy (non-hydrogen) atoms. The van der Waals surface area contributed by atoms with Gasteiger partial charge in [-0.25, -0.2) is 4.98 Å². The third-order valence-electron chi connectivity index (χ3n) is 5.38. The maximum atomic E-state index is 8.96. The summed E-state index contributed by atoms with van der Waals surface area (Å²) in [5, 5.41) is 14.3. The van der Waals surface area contributed by atoms with Crippen molar-refractivity contribution in [1.82, 2.24) is 19.5 Å². The summed E-state index contributed by atoms with van der Waals surface area (Å²) in [4.78, 5) is 9.50. The zero-order valence-corrected chi connectivity index (χ0v) is 17.8. The highest BCUT2D eigenvalue weighted by atomic mass is 35.5. The number of rotatable bonds is 3. The molecule has 0 amide bonds. The minimum absolute atomic E-state index is 0.0961. The highest BCUT2D eigenvalue weighted by Gasteiger charge is 2.25. The maximum Gasteiger partial charge on any atom is 0.165 e. The highest BCUT2D eigenvalue weighted by Crippen LogP contribution is 2.34. The van der Waals surface area contributed by atoms with Crippen LogP contribution in [0.1, 0.15) is 26.5 Å². The van der Waals surface area contributed by atoms with Gasteiger partial charge in [-0.1, -0.05) is 50.6 Å². The summed E-state index contributed by atoms with van der Waals surface area (Å²) in [7, 11) is 0. The molecule has 3 heterocycles. The second-order valence-electron chi connectivity index (χ2n) is 8.44. The molecule has 2 aromatic heterocycles. The number of nitrogens with zero attached hydrogens (tertiary/aromatic N) is 6. The lowest BCUT2D eigenvalue weighted by Gasteiger charge is -2.35. The van der Waals surface area contributed by atoms with E-state index in [-0.39, 0.29) is 5.41 Å². The molecule has 1 saturated heterocycles. The fourth-order valence-corrected chi connectivity index (χ4v) is 3.90. The quantitative estimate of drug-likeness (QED) is 0.613. The molecule has 6 nitrogen and oxygen atoms in total. The Hall–Kier alpha value is -2.62. The van der Waals surface area contributed by atoms with Crippen LogP contribution in [0.4, 0.5) is 5.82 Å². The fraction of sp³-hybridized carbons (Fsp3) is 0.409. The predicted octanol–water partition coefficient (Wildman–Crippen LogP) is 3.99. The molecule has 150 valence electrons. The number of nitriles is 1. The van der Waals surface area contributed by atoms with Crippen molar-refractivity contribution in [2.75, 3.05) is 37.6 Å². The number of fused-ring (bicyclic) bond motifs is 1. The zero-order valence-electron chi connectivity index (χ0n) is 17.1. The molecule has 3 aromatic rings. The van der Waals surface area contributed by atoms with Crippen molar-refractivity contribution in [1.29, 1.82) is 5.26 Å². The third-order valence-corrected chi connectivity index (χ3v) is 5.71. The zero-order chi connectivity index (χ0) is 20.6. The lowest BCUT2D eigenvalue weighted by Crippen LogP contribution is -2.47. The van der Waals surface area contributed by atoms with E-state index in [4.69, 9.17) is 21.8 Å². The van der Waals surface area contributed by atoms with Crippen LogP contribution in [0.15, 0.2) is 36.5 Å². The fourth-order valence-electron chi connectivity index (χ4n) is 3.66. The van der Waals surface area contributed by atoms with Gasteiger partial charge in [0.25, 0.3) is 0 Å². The molecule has 0 saturated carbocycles. The predicted molar refractivity (Wildman–Crippen MR) is 116 cm³/mol. The van der Waals surface area contributed by atoms with Gasteiger partial charge in [0.15, 0.2) is 5.65 Å². The van der Waals surface area contributed by atoms with Gasteiger partial charge >= 0.3 is 0 Å². The van der Waals surface area contributed by atoms with Crippen LogP contribution in [-0.4, -0.2) is 52.2 Å². The van der Waals surface area contributed by atoms with Crippen molar-refractivity contribution in [2.45, 2.75) is 26.2 Å². The average molecular weight is 409 g/mol. The monoisotopic (exact) mass is 408 g/mol. The van der Waals surface area contributed by atoms with Gasteiger partial charge < -0.3 is 4.90 Å². The number of hydrogen-bond donors (Lipinski definition) is 0. The molecule has 0 atom stereocenters. The SMILES string of the molecule is CC(C)(C)c1cc(N2CCN(CC#N)CC2)n2ncc(-c3ccccc3Cl)c2n1. The number of aromatic nitrogens is 3. The van der Waals surface area contributed by atoms with E-state index in [9.17, 15) is 0 Å². The molecule has 0 bridgehead atoms. The first-order valence-electron chi connectivity index (χ1n) is 9.87. The molecule has 0 spiro atoms. The third kappa shape index (κ3) is 3.81. The molecular formula is C22H25ClN6. The minimum Gasteiger partial charge on any atom is -0.354 e. The summed E-state index contributed by atoms with van der Waals surface area (Å²) < 4.78 is 1.92. The van der Waals surface area contributed by atoms with Gasteiger partial charge in [0.2, 0.25) is 0 Å². The molecule has 4 rings (SSSR count). The summed E-state index contributed by atoms with van der Waals surface area (Å²) in [6.45, 7) is 10.4. The van der Waals surface area contributed by atoms with Crippen molar-refractivity contribution < 1.29 is 0 Å². The largest absolute Gasteiger partial charge is 0.354 e. The van der Waals surface area contributed by atoms with Crippen LogP contribution in [0.25, 0.3) is 16.8 Å². The lowest BCUT2D eigenvalue weighted by atomic mass is 9.91. The molecule has 1 aliphatic rings. The number of hydrogen-bond acceptors (Lipinski definition) is 5. The van der Waals surface area contributed by atoms with Crippen LogP contribution in [0, 0.1) is 11.3 Å². The molecule has 1 aromatic carbocycles. The van der Waals surface area contributed by atoms with Gasteiger partial charge in [0.1, 0.15) is 5.82 Å². The topological polar surface area (TPSA) is 60.5 Å². The van der Waals surface area contributed by atoms with Crippen LogP contribution in [0.3, 0.4) is 0 Å². The maximum absolute atomic E-state index is 8.96. The summed E-state index contributed by atoms with van der Waals surface area (Å²) in [6, 6.07) is 12.2. The van der Waals surface area contributed by atoms with Gasteiger partial charge in [0.05, 0.1) is 24.5 Å². The number of piperazine rings is 1. The van der Waals surface area contributed by atoms with Gasteiger partial charge in [-0.3, -0.25) is 4.90 Å². The first kappa shape index (κ1) is 19.7. The van der Waals surface area contributed by atoms with Gasteiger partial charge in [-0.2, -0.15) is 14.9 Å². The Morgan fingerprint density at radius 2 is 1.83 bits per heavy atom. The van der Waals surface area contributed by atoms with E-state index in [0.717, 1.165) is 54.5 Å². The lowest BCUT2D eigenvalue weighted by molar-refractivity contribution is 0.286. The summed E-state index contributed by atoms with van der Waals surface area (Å²) in [5.41, 5.74) is 3.62. The van der Waals surface area contributed by atoms with Gasteiger partial charge in [0, 0.05) is 53.8 Å². The Labute approximate surface area is 176 Å². The summed E-state index contributed by atoms with van der Waals surface area (Å²) in [5.74, 6) is 1.04. The van der Waals surface area contributed by atoms with Crippen molar-refractivity contribution in [3.8, 4) is 17.2 Å². The Balaban J connectivity index is 1.83. The van der Waals surface area contributed by atoms with Crippen LogP contribution < -0.4 is 4.90 Å². The molecule has 1 aliphatic heterocycles. The molecule has 0 aliphatic carbocycles. The van der Waals surface area contributed by atoms with Gasteiger partial charge in [-0.15, -0.1) is 0 Å². The van der Waals surface area contributed by atoms with Gasteiger partial charge in [-0.05, 0) is 6.07 Å². The van der Waals surface area contributed by atoms with Crippen molar-refractivity contribution in [2.24, 2.45) is 0 Å². The van der Waals surface area contributed by atoms with E-state index >= 15 is 0 Å². The smallest absolute Gasteiger partial charge is 0.165 e. The Kier molecular flexibility index (Phi) is 5.20. The first-order chi connectivity index (χ1) is 13.9. The Morgan fingerprint density at radius 1 is 1.10 bits per heavy atom.